The Balaban J connectivity index is 0.00000225. The summed E-state index contributed by atoms with van der Waals surface area (Å²) in [7, 11) is 0. The Bertz CT molecular complexity index is 732. The SMILES string of the molecule is CCc1c(C(=O)NC2CCNC(C)C2)cnn1-c1cccc(Cl)c1.Cl. The number of carbonyl (C=O) groups excluding carboxylic acids is 1. The van der Waals surface area contributed by atoms with Crippen LogP contribution in [-0.4, -0.2) is 34.3 Å². The maximum Gasteiger partial charge on any atom is 0.254 e. The fourth-order valence-electron chi connectivity index (χ4n) is 3.26. The van der Waals surface area contributed by atoms with Gasteiger partial charge in [-0.25, -0.2) is 4.68 Å². The van der Waals surface area contributed by atoms with E-state index in [0.717, 1.165) is 37.2 Å². The van der Waals surface area contributed by atoms with E-state index >= 15 is 0 Å². The minimum Gasteiger partial charge on any atom is -0.349 e. The topological polar surface area (TPSA) is 59.0 Å². The van der Waals surface area contributed by atoms with E-state index in [0.29, 0.717) is 16.6 Å². The number of halogens is 2. The Hall–Kier alpha value is -1.56. The maximum atomic E-state index is 12.7. The molecule has 2 unspecified atom stereocenters. The molecule has 1 aromatic carbocycles. The molecule has 2 heterocycles. The highest BCUT2D eigenvalue weighted by atomic mass is 35.5. The van der Waals surface area contributed by atoms with Gasteiger partial charge in [0, 0.05) is 17.1 Å². The second-order valence-electron chi connectivity index (χ2n) is 6.30. The van der Waals surface area contributed by atoms with E-state index in [1.165, 1.54) is 0 Å². The van der Waals surface area contributed by atoms with Gasteiger partial charge in [0.25, 0.3) is 5.91 Å². The van der Waals surface area contributed by atoms with Crippen molar-refractivity contribution in [1.82, 2.24) is 20.4 Å². The fraction of sp³-hybridized carbons (Fsp3) is 0.444. The van der Waals surface area contributed by atoms with Gasteiger partial charge in [0.15, 0.2) is 0 Å². The molecule has 136 valence electrons. The largest absolute Gasteiger partial charge is 0.349 e. The van der Waals surface area contributed by atoms with Crippen LogP contribution in [0.25, 0.3) is 5.69 Å². The van der Waals surface area contributed by atoms with Gasteiger partial charge in [0.1, 0.15) is 0 Å². The first-order chi connectivity index (χ1) is 11.6. The smallest absolute Gasteiger partial charge is 0.254 e. The molecule has 5 nitrogen and oxygen atoms in total. The number of piperidine rings is 1. The summed E-state index contributed by atoms with van der Waals surface area (Å²) in [6.07, 6.45) is 4.28. The summed E-state index contributed by atoms with van der Waals surface area (Å²) >= 11 is 6.08. The van der Waals surface area contributed by atoms with Gasteiger partial charge in [-0.05, 0) is 50.9 Å². The molecule has 1 aliphatic heterocycles. The van der Waals surface area contributed by atoms with Crippen LogP contribution in [0.15, 0.2) is 30.5 Å². The van der Waals surface area contributed by atoms with Gasteiger partial charge in [0.05, 0.1) is 23.1 Å². The molecular formula is C18H24Cl2N4O. The van der Waals surface area contributed by atoms with Crippen LogP contribution in [-0.2, 0) is 6.42 Å². The van der Waals surface area contributed by atoms with Crippen molar-refractivity contribution in [3.63, 3.8) is 0 Å². The third-order valence-corrected chi connectivity index (χ3v) is 4.70. The molecule has 2 aromatic rings. The number of hydrogen-bond donors (Lipinski definition) is 2. The third-order valence-electron chi connectivity index (χ3n) is 4.46. The standard InChI is InChI=1S/C18H23ClN4O.ClH/c1-3-17-16(18(24)22-14-7-8-20-12(2)9-14)11-21-23(17)15-6-4-5-13(19)10-15;/h4-6,10-12,14,20H,3,7-9H2,1-2H3,(H,22,24);1H. The number of nitrogens with zero attached hydrogens (tertiary/aromatic N) is 2. The van der Waals surface area contributed by atoms with Crippen LogP contribution in [0, 0.1) is 0 Å². The number of aromatic nitrogens is 2. The Morgan fingerprint density at radius 2 is 2.28 bits per heavy atom. The van der Waals surface area contributed by atoms with Gasteiger partial charge in [-0.2, -0.15) is 5.10 Å². The first kappa shape index (κ1) is 19.8. The van der Waals surface area contributed by atoms with E-state index in [4.69, 9.17) is 11.6 Å². The molecule has 2 atom stereocenters. The molecule has 0 saturated carbocycles. The maximum absolute atomic E-state index is 12.7. The minimum atomic E-state index is -0.0424. The molecular weight excluding hydrogens is 359 g/mol. The summed E-state index contributed by atoms with van der Waals surface area (Å²) in [6.45, 7) is 5.11. The lowest BCUT2D eigenvalue weighted by Crippen LogP contribution is -2.46. The number of amides is 1. The van der Waals surface area contributed by atoms with Crippen LogP contribution in [0.4, 0.5) is 0 Å². The first-order valence-corrected chi connectivity index (χ1v) is 8.83. The number of hydrogen-bond acceptors (Lipinski definition) is 3. The first-order valence-electron chi connectivity index (χ1n) is 8.45. The van der Waals surface area contributed by atoms with Crippen LogP contribution in [0.1, 0.15) is 42.7 Å². The molecule has 1 fully saturated rings. The second-order valence-corrected chi connectivity index (χ2v) is 6.74. The van der Waals surface area contributed by atoms with Gasteiger partial charge in [-0.15, -0.1) is 12.4 Å². The molecule has 1 saturated heterocycles. The van der Waals surface area contributed by atoms with Gasteiger partial charge < -0.3 is 10.6 Å². The highest BCUT2D eigenvalue weighted by Gasteiger charge is 2.23. The number of nitrogens with one attached hydrogen (secondary N) is 2. The van der Waals surface area contributed by atoms with Gasteiger partial charge in [-0.3, -0.25) is 4.79 Å². The summed E-state index contributed by atoms with van der Waals surface area (Å²) < 4.78 is 1.80. The van der Waals surface area contributed by atoms with Crippen LogP contribution in [0.3, 0.4) is 0 Å². The fourth-order valence-corrected chi connectivity index (χ4v) is 3.44. The molecule has 0 radical (unpaired) electrons. The van der Waals surface area contributed by atoms with Gasteiger partial charge in [-0.1, -0.05) is 24.6 Å². The average Bonchev–Trinajstić information content (AvgIpc) is 2.99. The quantitative estimate of drug-likeness (QED) is 0.851. The lowest BCUT2D eigenvalue weighted by molar-refractivity contribution is 0.0924. The monoisotopic (exact) mass is 382 g/mol. The summed E-state index contributed by atoms with van der Waals surface area (Å²) in [5, 5.41) is 11.6. The van der Waals surface area contributed by atoms with Crippen LogP contribution >= 0.6 is 24.0 Å². The van der Waals surface area contributed by atoms with Crippen molar-refractivity contribution in [2.24, 2.45) is 0 Å². The Kier molecular flexibility index (Phi) is 6.87. The number of carbonyl (C=O) groups is 1. The lowest BCUT2D eigenvalue weighted by Gasteiger charge is -2.28. The van der Waals surface area contributed by atoms with E-state index in [9.17, 15) is 4.79 Å². The zero-order chi connectivity index (χ0) is 17.1. The molecule has 25 heavy (non-hydrogen) atoms. The molecule has 0 spiro atoms. The molecule has 1 amide bonds. The predicted octanol–water partition coefficient (Wildman–Crippen LogP) is 3.38. The summed E-state index contributed by atoms with van der Waals surface area (Å²) in [6, 6.07) is 8.15. The number of benzene rings is 1. The highest BCUT2D eigenvalue weighted by Crippen LogP contribution is 2.19. The van der Waals surface area contributed by atoms with Crippen molar-refractivity contribution >= 4 is 29.9 Å². The van der Waals surface area contributed by atoms with Crippen LogP contribution in [0.5, 0.6) is 0 Å². The molecule has 3 rings (SSSR count). The highest BCUT2D eigenvalue weighted by molar-refractivity contribution is 6.30. The van der Waals surface area contributed by atoms with E-state index < -0.39 is 0 Å². The summed E-state index contributed by atoms with van der Waals surface area (Å²) in [5.41, 5.74) is 2.41. The Morgan fingerprint density at radius 3 is 2.96 bits per heavy atom. The average molecular weight is 383 g/mol. The third kappa shape index (κ3) is 4.54. The van der Waals surface area contributed by atoms with Crippen molar-refractivity contribution in [3.8, 4) is 5.69 Å². The molecule has 1 aromatic heterocycles. The number of rotatable bonds is 4. The van der Waals surface area contributed by atoms with Crippen molar-refractivity contribution < 1.29 is 4.79 Å². The summed E-state index contributed by atoms with van der Waals surface area (Å²) in [5.74, 6) is -0.0424. The van der Waals surface area contributed by atoms with Crippen molar-refractivity contribution in [3.05, 3.63) is 46.7 Å². The van der Waals surface area contributed by atoms with E-state index in [1.807, 2.05) is 31.2 Å². The van der Waals surface area contributed by atoms with Crippen LogP contribution < -0.4 is 10.6 Å². The van der Waals surface area contributed by atoms with Crippen LogP contribution in [0.2, 0.25) is 5.02 Å². The Morgan fingerprint density at radius 1 is 1.48 bits per heavy atom. The van der Waals surface area contributed by atoms with Crippen molar-refractivity contribution in [1.29, 1.82) is 0 Å². The zero-order valence-electron chi connectivity index (χ0n) is 14.5. The molecule has 2 N–H and O–H groups in total. The lowest BCUT2D eigenvalue weighted by atomic mass is 10.00. The van der Waals surface area contributed by atoms with E-state index in [-0.39, 0.29) is 24.4 Å². The molecule has 0 bridgehead atoms. The normalized spacial score (nSPS) is 20.0. The molecule has 1 aliphatic rings. The van der Waals surface area contributed by atoms with E-state index in [2.05, 4.69) is 22.7 Å². The predicted molar refractivity (Wildman–Crippen MR) is 103 cm³/mol. The minimum absolute atomic E-state index is 0. The van der Waals surface area contributed by atoms with E-state index in [1.54, 1.807) is 10.9 Å². The summed E-state index contributed by atoms with van der Waals surface area (Å²) in [4.78, 5) is 12.7. The zero-order valence-corrected chi connectivity index (χ0v) is 16.0. The Labute approximate surface area is 159 Å². The van der Waals surface area contributed by atoms with Crippen molar-refractivity contribution in [2.75, 3.05) is 6.54 Å². The van der Waals surface area contributed by atoms with Crippen molar-refractivity contribution in [2.45, 2.75) is 45.2 Å². The van der Waals surface area contributed by atoms with Gasteiger partial charge >= 0.3 is 0 Å². The van der Waals surface area contributed by atoms with Gasteiger partial charge in [0.2, 0.25) is 0 Å². The molecule has 0 aliphatic carbocycles. The molecule has 7 heteroatoms. The second kappa shape index (κ2) is 8.70.